The molecule has 0 bridgehead atoms. The normalized spacial score (nSPS) is 17.3. The van der Waals surface area contributed by atoms with Crippen LogP contribution in [0.5, 0.6) is 0 Å². The summed E-state index contributed by atoms with van der Waals surface area (Å²) in [6.45, 7) is 2.71. The minimum Gasteiger partial charge on any atom is -0.377 e. The molecule has 1 amide bonds. The summed E-state index contributed by atoms with van der Waals surface area (Å²) in [6.07, 6.45) is 7.10. The van der Waals surface area contributed by atoms with Gasteiger partial charge in [-0.1, -0.05) is 11.3 Å². The molecular weight excluding hydrogens is 516 g/mol. The number of halogens is 2. The van der Waals surface area contributed by atoms with Crippen molar-refractivity contribution in [2.24, 2.45) is 0 Å². The van der Waals surface area contributed by atoms with Crippen LogP contribution >= 0.6 is 11.3 Å². The van der Waals surface area contributed by atoms with E-state index in [1.165, 1.54) is 6.20 Å². The standard InChI is InChI=1S/C19H18N8O2.C5H5F2NS/c28-12-22-13-7-14(11-29-10-13)27-17-8-18(26-6-5-23-25-26)21-9-16(17)24-19(27)15-3-1-2-4-20-15;1-3-8-2-4(9-3)5(6)7/h1-6,8-9,12-14H,7,10-11H2,(H,22,28);2,5H,1H3. The van der Waals surface area contributed by atoms with Crippen molar-refractivity contribution in [2.75, 3.05) is 13.2 Å². The van der Waals surface area contributed by atoms with Gasteiger partial charge in [0.2, 0.25) is 6.41 Å². The number of aromatic nitrogens is 8. The van der Waals surface area contributed by atoms with Crippen LogP contribution in [0.25, 0.3) is 28.4 Å². The van der Waals surface area contributed by atoms with Crippen LogP contribution < -0.4 is 5.32 Å². The summed E-state index contributed by atoms with van der Waals surface area (Å²) in [6, 6.07) is 7.58. The lowest BCUT2D eigenvalue weighted by Crippen LogP contribution is -2.40. The minimum absolute atomic E-state index is 0.0193. The zero-order chi connectivity index (χ0) is 26.5. The number of pyridine rings is 2. The second-order valence-corrected chi connectivity index (χ2v) is 9.66. The Kier molecular flexibility index (Phi) is 7.70. The van der Waals surface area contributed by atoms with E-state index >= 15 is 0 Å². The fraction of sp³-hybridized carbons (Fsp3) is 0.292. The fourth-order valence-electron chi connectivity index (χ4n) is 4.17. The Morgan fingerprint density at radius 2 is 2.08 bits per heavy atom. The number of imidazole rings is 1. The van der Waals surface area contributed by atoms with Crippen molar-refractivity contribution in [2.45, 2.75) is 31.9 Å². The van der Waals surface area contributed by atoms with E-state index in [-0.39, 0.29) is 17.0 Å². The van der Waals surface area contributed by atoms with Gasteiger partial charge in [-0.05, 0) is 25.5 Å². The first-order valence-electron chi connectivity index (χ1n) is 11.7. The zero-order valence-electron chi connectivity index (χ0n) is 20.2. The summed E-state index contributed by atoms with van der Waals surface area (Å²) < 4.78 is 33.0. The monoisotopic (exact) mass is 539 g/mol. The van der Waals surface area contributed by atoms with Gasteiger partial charge in [-0.15, -0.1) is 16.4 Å². The SMILES string of the molecule is Cc1ncc(C(F)F)s1.O=CNC1COCC(n2c(-c3ccccn3)nc3cnc(-n4ccnn4)cc32)C1. The van der Waals surface area contributed by atoms with Crippen molar-refractivity contribution in [3.8, 4) is 17.3 Å². The lowest BCUT2D eigenvalue weighted by atomic mass is 10.1. The van der Waals surface area contributed by atoms with Crippen molar-refractivity contribution in [3.05, 3.63) is 65.1 Å². The molecule has 2 atom stereocenters. The van der Waals surface area contributed by atoms with Gasteiger partial charge in [0.05, 0.1) is 59.3 Å². The predicted molar refractivity (Wildman–Crippen MR) is 135 cm³/mol. The average molecular weight is 540 g/mol. The molecule has 196 valence electrons. The van der Waals surface area contributed by atoms with E-state index in [0.29, 0.717) is 24.0 Å². The number of aryl methyl sites for hydroxylation is 1. The largest absolute Gasteiger partial charge is 0.377 e. The van der Waals surface area contributed by atoms with Crippen LogP contribution in [0.15, 0.2) is 55.2 Å². The minimum atomic E-state index is -2.36. The van der Waals surface area contributed by atoms with Gasteiger partial charge in [0.1, 0.15) is 11.2 Å². The lowest BCUT2D eigenvalue weighted by molar-refractivity contribution is -0.111. The highest BCUT2D eigenvalue weighted by Crippen LogP contribution is 2.32. The number of hydrogen-bond acceptors (Lipinski definition) is 9. The van der Waals surface area contributed by atoms with Gasteiger partial charge in [0.15, 0.2) is 11.6 Å². The van der Waals surface area contributed by atoms with E-state index in [2.05, 4.69) is 35.1 Å². The molecule has 1 fully saturated rings. The molecule has 1 N–H and O–H groups in total. The van der Waals surface area contributed by atoms with Crippen molar-refractivity contribution < 1.29 is 18.3 Å². The number of hydrogen-bond donors (Lipinski definition) is 1. The third-order valence-electron chi connectivity index (χ3n) is 5.82. The molecule has 1 aliphatic heterocycles. The topological polar surface area (TPSA) is 126 Å². The first kappa shape index (κ1) is 25.5. The van der Waals surface area contributed by atoms with Crippen molar-refractivity contribution >= 4 is 28.8 Å². The number of nitrogens with one attached hydrogen (secondary N) is 1. The molecule has 0 spiro atoms. The smallest absolute Gasteiger partial charge is 0.274 e. The summed E-state index contributed by atoms with van der Waals surface area (Å²) in [7, 11) is 0. The highest BCUT2D eigenvalue weighted by atomic mass is 32.1. The van der Waals surface area contributed by atoms with Crippen LogP contribution in [-0.2, 0) is 9.53 Å². The van der Waals surface area contributed by atoms with Gasteiger partial charge in [-0.25, -0.2) is 28.4 Å². The highest BCUT2D eigenvalue weighted by molar-refractivity contribution is 7.11. The van der Waals surface area contributed by atoms with Crippen LogP contribution in [-0.4, -0.2) is 65.2 Å². The second-order valence-electron chi connectivity index (χ2n) is 8.39. The lowest BCUT2D eigenvalue weighted by Gasteiger charge is -2.31. The van der Waals surface area contributed by atoms with Gasteiger partial charge in [0, 0.05) is 18.5 Å². The second kappa shape index (κ2) is 11.5. The molecule has 0 radical (unpaired) electrons. The number of nitrogens with zero attached hydrogens (tertiary/aromatic N) is 8. The van der Waals surface area contributed by atoms with Gasteiger partial charge in [-0.3, -0.25) is 9.78 Å². The summed E-state index contributed by atoms with van der Waals surface area (Å²) >= 11 is 1.03. The third kappa shape index (κ3) is 5.55. The van der Waals surface area contributed by atoms with Gasteiger partial charge in [0.25, 0.3) is 6.43 Å². The molecule has 14 heteroatoms. The van der Waals surface area contributed by atoms with E-state index in [4.69, 9.17) is 9.72 Å². The highest BCUT2D eigenvalue weighted by Gasteiger charge is 2.28. The van der Waals surface area contributed by atoms with Crippen LogP contribution in [0.4, 0.5) is 8.78 Å². The number of rotatable bonds is 6. The maximum absolute atomic E-state index is 11.8. The van der Waals surface area contributed by atoms with Crippen LogP contribution in [0, 0.1) is 6.92 Å². The number of fused-ring (bicyclic) bond motifs is 1. The Labute approximate surface area is 219 Å². The molecule has 0 saturated carbocycles. The molecule has 0 aliphatic carbocycles. The Morgan fingerprint density at radius 3 is 2.74 bits per heavy atom. The number of thiazole rings is 1. The predicted octanol–water partition coefficient (Wildman–Crippen LogP) is 3.54. The number of alkyl halides is 2. The molecular formula is C24H23F2N9O2S. The summed E-state index contributed by atoms with van der Waals surface area (Å²) in [5, 5.41) is 11.4. The molecule has 5 aromatic heterocycles. The van der Waals surface area contributed by atoms with Gasteiger partial charge in [-0.2, -0.15) is 0 Å². The van der Waals surface area contributed by atoms with E-state index in [1.54, 1.807) is 36.4 Å². The summed E-state index contributed by atoms with van der Waals surface area (Å²) in [5.41, 5.74) is 2.41. The molecule has 2 unspecified atom stereocenters. The molecule has 38 heavy (non-hydrogen) atoms. The Balaban J connectivity index is 0.000000278. The summed E-state index contributed by atoms with van der Waals surface area (Å²) in [5.74, 6) is 1.38. The van der Waals surface area contributed by atoms with E-state index < -0.39 is 6.43 Å². The third-order valence-corrected chi connectivity index (χ3v) is 6.74. The molecule has 0 aromatic carbocycles. The van der Waals surface area contributed by atoms with E-state index in [0.717, 1.165) is 46.7 Å². The van der Waals surface area contributed by atoms with Crippen molar-refractivity contribution in [3.63, 3.8) is 0 Å². The average Bonchev–Trinajstić information content (AvgIpc) is 3.69. The van der Waals surface area contributed by atoms with Crippen LogP contribution in [0.1, 0.15) is 28.8 Å². The fourth-order valence-corrected chi connectivity index (χ4v) is 4.81. The number of carbonyl (C=O) groups excluding carboxylic acids is 1. The number of carbonyl (C=O) groups is 1. The summed E-state index contributed by atoms with van der Waals surface area (Å²) in [4.78, 5) is 28.4. The zero-order valence-corrected chi connectivity index (χ0v) is 21.0. The Bertz CT molecular complexity index is 1490. The maximum atomic E-state index is 11.8. The molecule has 5 aromatic rings. The molecule has 11 nitrogen and oxygen atoms in total. The van der Waals surface area contributed by atoms with Gasteiger partial charge >= 0.3 is 0 Å². The Hall–Kier alpha value is -4.17. The quantitative estimate of drug-likeness (QED) is 0.325. The van der Waals surface area contributed by atoms with Crippen molar-refractivity contribution in [1.29, 1.82) is 0 Å². The number of amides is 1. The van der Waals surface area contributed by atoms with E-state index in [1.807, 2.05) is 24.3 Å². The molecule has 6 heterocycles. The molecule has 1 aliphatic rings. The Morgan fingerprint density at radius 1 is 1.18 bits per heavy atom. The number of ether oxygens (including phenoxy) is 1. The first-order chi connectivity index (χ1) is 18.5. The maximum Gasteiger partial charge on any atom is 0.274 e. The van der Waals surface area contributed by atoms with E-state index in [9.17, 15) is 13.6 Å². The van der Waals surface area contributed by atoms with Crippen LogP contribution in [0.2, 0.25) is 0 Å². The molecule has 1 saturated heterocycles. The van der Waals surface area contributed by atoms with Crippen molar-refractivity contribution in [1.82, 2.24) is 44.8 Å². The molecule has 6 rings (SSSR count). The van der Waals surface area contributed by atoms with Gasteiger partial charge < -0.3 is 14.6 Å². The van der Waals surface area contributed by atoms with Crippen LogP contribution in [0.3, 0.4) is 0 Å². The first-order valence-corrected chi connectivity index (χ1v) is 12.5.